The summed E-state index contributed by atoms with van der Waals surface area (Å²) in [7, 11) is 0. The fourth-order valence-electron chi connectivity index (χ4n) is 3.62. The highest BCUT2D eigenvalue weighted by Crippen LogP contribution is 2.36. The second-order valence-electron chi connectivity index (χ2n) is 6.71. The maximum atomic E-state index is 12.9. The molecule has 0 saturated carbocycles. The lowest BCUT2D eigenvalue weighted by Crippen LogP contribution is -2.39. The number of carbonyl (C=O) groups is 2. The normalized spacial score (nSPS) is 17.9. The Hall–Kier alpha value is -2.63. The molecule has 2 aromatic rings. The fourth-order valence-corrected chi connectivity index (χ4v) is 3.62. The van der Waals surface area contributed by atoms with E-state index in [0.717, 1.165) is 11.4 Å². The second kappa shape index (κ2) is 6.70. The number of aliphatic carboxylic acids is 1. The van der Waals surface area contributed by atoms with Gasteiger partial charge >= 0.3 is 5.97 Å². The minimum absolute atomic E-state index is 0.00339. The lowest BCUT2D eigenvalue weighted by atomic mass is 9.89. The van der Waals surface area contributed by atoms with Gasteiger partial charge in [-0.2, -0.15) is 5.10 Å². The average molecular weight is 341 g/mol. The van der Waals surface area contributed by atoms with Gasteiger partial charge in [0.25, 0.3) is 0 Å². The molecule has 2 atom stereocenters. The molecule has 1 N–H and O–H groups in total. The van der Waals surface area contributed by atoms with Gasteiger partial charge in [-0.25, -0.2) is 0 Å². The molecule has 0 radical (unpaired) electrons. The van der Waals surface area contributed by atoms with Crippen molar-refractivity contribution in [3.8, 4) is 0 Å². The molecule has 6 heteroatoms. The Labute approximate surface area is 147 Å². The van der Waals surface area contributed by atoms with Crippen molar-refractivity contribution in [3.63, 3.8) is 0 Å². The summed E-state index contributed by atoms with van der Waals surface area (Å²) in [6, 6.07) is 9.24. The van der Waals surface area contributed by atoms with Crippen LogP contribution in [0.15, 0.2) is 30.3 Å². The predicted octanol–water partition coefficient (Wildman–Crippen LogP) is 3.06. The van der Waals surface area contributed by atoms with Crippen LogP contribution in [0.3, 0.4) is 0 Å². The molecule has 6 nitrogen and oxygen atoms in total. The number of carboxylic acids is 1. The van der Waals surface area contributed by atoms with Crippen LogP contribution in [-0.4, -0.2) is 33.3 Å². The number of para-hydroxylation sites is 1. The van der Waals surface area contributed by atoms with Crippen LogP contribution in [0, 0.1) is 13.8 Å². The minimum atomic E-state index is -0.837. The van der Waals surface area contributed by atoms with Gasteiger partial charge in [0.15, 0.2) is 0 Å². The summed E-state index contributed by atoms with van der Waals surface area (Å²) in [5.74, 6) is -1.39. The van der Waals surface area contributed by atoms with Crippen molar-refractivity contribution < 1.29 is 14.7 Å². The summed E-state index contributed by atoms with van der Waals surface area (Å²) in [5.41, 5.74) is 3.40. The van der Waals surface area contributed by atoms with Crippen LogP contribution in [0.4, 0.5) is 5.69 Å². The van der Waals surface area contributed by atoms with E-state index >= 15 is 0 Å². The van der Waals surface area contributed by atoms with Gasteiger partial charge in [-0.3, -0.25) is 14.3 Å². The van der Waals surface area contributed by atoms with Crippen LogP contribution in [0.5, 0.6) is 0 Å². The Bertz CT molecular complexity index is 812. The zero-order chi connectivity index (χ0) is 18.1. The molecule has 132 valence electrons. The number of fused-ring (bicyclic) bond motifs is 1. The number of carboxylic acid groups (broad SMARTS) is 1. The first-order chi connectivity index (χ1) is 11.9. The standard InChI is InChI=1S/C19H23N3O3/c1-12-10-13(2)22(20-12)14(3)11-18(23)21-9-8-16(19(24)25)15-6-4-5-7-17(15)21/h4-7,10,14,16H,8-9,11H2,1-3H3,(H,24,25). The van der Waals surface area contributed by atoms with E-state index in [2.05, 4.69) is 5.10 Å². The van der Waals surface area contributed by atoms with Crippen molar-refractivity contribution in [2.45, 2.75) is 45.6 Å². The number of carbonyl (C=O) groups excluding carboxylic acids is 1. The highest BCUT2D eigenvalue weighted by atomic mass is 16.4. The molecule has 0 saturated heterocycles. The summed E-state index contributed by atoms with van der Waals surface area (Å²) in [6.45, 7) is 6.32. The van der Waals surface area contributed by atoms with E-state index in [1.165, 1.54) is 0 Å². The number of hydrogen-bond donors (Lipinski definition) is 1. The van der Waals surface area contributed by atoms with Crippen molar-refractivity contribution in [2.24, 2.45) is 0 Å². The Morgan fingerprint density at radius 1 is 1.32 bits per heavy atom. The van der Waals surface area contributed by atoms with E-state index in [9.17, 15) is 14.7 Å². The molecule has 1 aliphatic rings. The number of aryl methyl sites for hydroxylation is 2. The molecular formula is C19H23N3O3. The van der Waals surface area contributed by atoms with Crippen molar-refractivity contribution >= 4 is 17.6 Å². The first-order valence-corrected chi connectivity index (χ1v) is 8.53. The molecule has 25 heavy (non-hydrogen) atoms. The summed E-state index contributed by atoms with van der Waals surface area (Å²) in [5, 5.41) is 13.9. The molecule has 1 aromatic heterocycles. The van der Waals surface area contributed by atoms with E-state index in [1.54, 1.807) is 11.0 Å². The molecule has 0 fully saturated rings. The van der Waals surface area contributed by atoms with Crippen molar-refractivity contribution in [2.75, 3.05) is 11.4 Å². The number of nitrogens with zero attached hydrogens (tertiary/aromatic N) is 3. The molecule has 2 unspecified atom stereocenters. The van der Waals surface area contributed by atoms with Crippen molar-refractivity contribution in [3.05, 3.63) is 47.3 Å². The highest BCUT2D eigenvalue weighted by molar-refractivity contribution is 5.96. The zero-order valence-corrected chi connectivity index (χ0v) is 14.8. The third-order valence-electron chi connectivity index (χ3n) is 4.78. The third-order valence-corrected chi connectivity index (χ3v) is 4.78. The van der Waals surface area contributed by atoms with Gasteiger partial charge in [0.2, 0.25) is 5.91 Å². The van der Waals surface area contributed by atoms with Gasteiger partial charge in [-0.1, -0.05) is 18.2 Å². The Morgan fingerprint density at radius 3 is 2.68 bits per heavy atom. The molecule has 0 bridgehead atoms. The topological polar surface area (TPSA) is 75.4 Å². The SMILES string of the molecule is Cc1cc(C)n(C(C)CC(=O)N2CCC(C(=O)O)c3ccccc32)n1. The van der Waals surface area contributed by atoms with Crippen LogP contribution in [-0.2, 0) is 9.59 Å². The van der Waals surface area contributed by atoms with Gasteiger partial charge in [0.1, 0.15) is 0 Å². The smallest absolute Gasteiger partial charge is 0.311 e. The molecule has 0 spiro atoms. The highest BCUT2D eigenvalue weighted by Gasteiger charge is 2.32. The van der Waals surface area contributed by atoms with Crippen LogP contribution < -0.4 is 4.90 Å². The van der Waals surface area contributed by atoms with E-state index in [4.69, 9.17) is 0 Å². The van der Waals surface area contributed by atoms with E-state index in [1.807, 2.05) is 49.7 Å². The monoisotopic (exact) mass is 341 g/mol. The Balaban J connectivity index is 1.82. The number of aromatic nitrogens is 2. The third kappa shape index (κ3) is 3.29. The summed E-state index contributed by atoms with van der Waals surface area (Å²) < 4.78 is 1.88. The summed E-state index contributed by atoms with van der Waals surface area (Å²) >= 11 is 0. The summed E-state index contributed by atoms with van der Waals surface area (Å²) in [4.78, 5) is 26.1. The second-order valence-corrected chi connectivity index (χ2v) is 6.71. The first-order valence-electron chi connectivity index (χ1n) is 8.53. The maximum Gasteiger partial charge on any atom is 0.311 e. The van der Waals surface area contributed by atoms with E-state index in [0.29, 0.717) is 30.6 Å². The van der Waals surface area contributed by atoms with Gasteiger partial charge < -0.3 is 10.0 Å². The Morgan fingerprint density at radius 2 is 2.04 bits per heavy atom. The first kappa shape index (κ1) is 17.2. The molecule has 0 aliphatic carbocycles. The maximum absolute atomic E-state index is 12.9. The molecule has 3 rings (SSSR count). The lowest BCUT2D eigenvalue weighted by molar-refractivity contribution is -0.139. The van der Waals surface area contributed by atoms with Crippen LogP contribution in [0.1, 0.15) is 48.7 Å². The average Bonchev–Trinajstić information content (AvgIpc) is 2.92. The fraction of sp³-hybridized carbons (Fsp3) is 0.421. The quantitative estimate of drug-likeness (QED) is 0.927. The molecule has 1 aliphatic heterocycles. The number of benzene rings is 1. The Kier molecular flexibility index (Phi) is 4.61. The van der Waals surface area contributed by atoms with Crippen LogP contribution in [0.25, 0.3) is 0 Å². The molecular weight excluding hydrogens is 318 g/mol. The largest absolute Gasteiger partial charge is 0.481 e. The molecule has 2 heterocycles. The molecule has 1 amide bonds. The van der Waals surface area contributed by atoms with Crippen molar-refractivity contribution in [1.82, 2.24) is 9.78 Å². The number of anilines is 1. The lowest BCUT2D eigenvalue weighted by Gasteiger charge is -2.33. The van der Waals surface area contributed by atoms with E-state index in [-0.39, 0.29) is 11.9 Å². The van der Waals surface area contributed by atoms with Gasteiger partial charge in [0.05, 0.1) is 17.7 Å². The van der Waals surface area contributed by atoms with E-state index < -0.39 is 11.9 Å². The predicted molar refractivity (Wildman–Crippen MR) is 94.8 cm³/mol. The number of hydrogen-bond acceptors (Lipinski definition) is 3. The van der Waals surface area contributed by atoms with Crippen LogP contribution >= 0.6 is 0 Å². The van der Waals surface area contributed by atoms with Gasteiger partial charge in [-0.05, 0) is 44.9 Å². The molecule has 1 aromatic carbocycles. The summed E-state index contributed by atoms with van der Waals surface area (Å²) in [6.07, 6.45) is 0.764. The number of rotatable bonds is 4. The van der Waals surface area contributed by atoms with Gasteiger partial charge in [-0.15, -0.1) is 0 Å². The van der Waals surface area contributed by atoms with Crippen molar-refractivity contribution in [1.29, 1.82) is 0 Å². The van der Waals surface area contributed by atoms with Crippen LogP contribution in [0.2, 0.25) is 0 Å². The van der Waals surface area contributed by atoms with Gasteiger partial charge in [0, 0.05) is 24.3 Å². The minimum Gasteiger partial charge on any atom is -0.481 e. The number of amides is 1. The zero-order valence-electron chi connectivity index (χ0n) is 14.8.